The van der Waals surface area contributed by atoms with Gasteiger partial charge in [-0.2, -0.15) is 0 Å². The highest BCUT2D eigenvalue weighted by molar-refractivity contribution is 5.92. The number of amides is 1. The molecule has 7 nitrogen and oxygen atoms in total. The van der Waals surface area contributed by atoms with Crippen molar-refractivity contribution in [1.82, 2.24) is 14.9 Å². The molecule has 7 heteroatoms. The molecule has 1 N–H and O–H groups in total. The summed E-state index contributed by atoms with van der Waals surface area (Å²) in [5.74, 6) is 0.773. The molecule has 1 fully saturated rings. The monoisotopic (exact) mass is 340 g/mol. The first-order chi connectivity index (χ1) is 12.1. The summed E-state index contributed by atoms with van der Waals surface area (Å²) in [6.45, 7) is 3.71. The van der Waals surface area contributed by atoms with Crippen molar-refractivity contribution in [2.75, 3.05) is 61.9 Å². The highest BCUT2D eigenvalue weighted by atomic mass is 16.2. The van der Waals surface area contributed by atoms with Crippen LogP contribution < -0.4 is 15.1 Å². The largest absolute Gasteiger partial charge is 0.378 e. The van der Waals surface area contributed by atoms with E-state index in [0.717, 1.165) is 43.5 Å². The lowest BCUT2D eigenvalue weighted by Crippen LogP contribution is -2.49. The number of aromatic nitrogens is 2. The zero-order valence-electron chi connectivity index (χ0n) is 14.7. The van der Waals surface area contributed by atoms with Gasteiger partial charge in [-0.15, -0.1) is 0 Å². The summed E-state index contributed by atoms with van der Waals surface area (Å²) in [5.41, 5.74) is 1.93. The van der Waals surface area contributed by atoms with Gasteiger partial charge in [0.1, 0.15) is 0 Å². The number of anilines is 3. The van der Waals surface area contributed by atoms with Crippen molar-refractivity contribution in [3.63, 3.8) is 0 Å². The average Bonchev–Trinajstić information content (AvgIpc) is 2.63. The van der Waals surface area contributed by atoms with Crippen molar-refractivity contribution in [3.05, 3.63) is 42.7 Å². The van der Waals surface area contributed by atoms with E-state index in [-0.39, 0.29) is 5.91 Å². The minimum absolute atomic E-state index is 0.0158. The van der Waals surface area contributed by atoms with Crippen molar-refractivity contribution >= 4 is 23.2 Å². The summed E-state index contributed by atoms with van der Waals surface area (Å²) >= 11 is 0. The number of hydrogen-bond donors (Lipinski definition) is 1. The number of carbonyl (C=O) groups excluding carboxylic acids is 1. The highest BCUT2D eigenvalue weighted by Crippen LogP contribution is 2.16. The molecule has 0 radical (unpaired) electrons. The second kappa shape index (κ2) is 7.94. The minimum Gasteiger partial charge on any atom is -0.378 e. The van der Waals surface area contributed by atoms with E-state index in [1.807, 2.05) is 49.3 Å². The fourth-order valence-corrected chi connectivity index (χ4v) is 2.81. The van der Waals surface area contributed by atoms with Gasteiger partial charge in [0.25, 0.3) is 0 Å². The molecule has 2 heterocycles. The lowest BCUT2D eigenvalue weighted by molar-refractivity contribution is -0.117. The van der Waals surface area contributed by atoms with Crippen LogP contribution in [-0.4, -0.2) is 67.6 Å². The molecule has 0 atom stereocenters. The van der Waals surface area contributed by atoms with Crippen molar-refractivity contribution in [3.8, 4) is 0 Å². The summed E-state index contributed by atoms with van der Waals surface area (Å²) < 4.78 is 0. The zero-order chi connectivity index (χ0) is 17.6. The van der Waals surface area contributed by atoms with Gasteiger partial charge in [-0.05, 0) is 30.3 Å². The van der Waals surface area contributed by atoms with Gasteiger partial charge in [0.2, 0.25) is 11.9 Å². The molecule has 0 saturated carbocycles. The predicted molar refractivity (Wildman–Crippen MR) is 100 cm³/mol. The summed E-state index contributed by atoms with van der Waals surface area (Å²) in [4.78, 5) is 27.1. The maximum Gasteiger partial charge on any atom is 0.238 e. The third kappa shape index (κ3) is 4.67. The van der Waals surface area contributed by atoms with Gasteiger partial charge in [0.15, 0.2) is 0 Å². The number of rotatable bonds is 5. The predicted octanol–water partition coefficient (Wildman–Crippen LogP) is 1.30. The van der Waals surface area contributed by atoms with Gasteiger partial charge in [0, 0.05) is 64.0 Å². The topological polar surface area (TPSA) is 64.6 Å². The minimum atomic E-state index is 0.0158. The van der Waals surface area contributed by atoms with Crippen LogP contribution in [0.5, 0.6) is 0 Å². The van der Waals surface area contributed by atoms with Gasteiger partial charge < -0.3 is 15.1 Å². The van der Waals surface area contributed by atoms with Crippen LogP contribution in [0, 0.1) is 0 Å². The third-order valence-electron chi connectivity index (χ3n) is 4.24. The zero-order valence-corrected chi connectivity index (χ0v) is 14.7. The second-order valence-electron chi connectivity index (χ2n) is 6.30. The van der Waals surface area contributed by atoms with Gasteiger partial charge in [-0.1, -0.05) is 0 Å². The van der Waals surface area contributed by atoms with Crippen molar-refractivity contribution in [1.29, 1.82) is 0 Å². The Labute approximate surface area is 148 Å². The first-order valence-corrected chi connectivity index (χ1v) is 8.43. The van der Waals surface area contributed by atoms with Crippen LogP contribution in [0.3, 0.4) is 0 Å². The Hall–Kier alpha value is -2.67. The third-order valence-corrected chi connectivity index (χ3v) is 4.24. The summed E-state index contributed by atoms with van der Waals surface area (Å²) in [7, 11) is 3.99. The molecule has 0 bridgehead atoms. The smallest absolute Gasteiger partial charge is 0.238 e. The number of nitrogens with one attached hydrogen (secondary N) is 1. The van der Waals surface area contributed by atoms with E-state index >= 15 is 0 Å². The van der Waals surface area contributed by atoms with Crippen molar-refractivity contribution in [2.24, 2.45) is 0 Å². The molecule has 1 aromatic carbocycles. The number of nitrogens with zero attached hydrogens (tertiary/aromatic N) is 5. The number of hydrogen-bond acceptors (Lipinski definition) is 6. The molecule has 1 aliphatic rings. The summed E-state index contributed by atoms with van der Waals surface area (Å²) in [6, 6.07) is 9.66. The van der Waals surface area contributed by atoms with Crippen LogP contribution in [-0.2, 0) is 4.79 Å². The molecule has 1 amide bonds. The molecule has 1 saturated heterocycles. The van der Waals surface area contributed by atoms with E-state index in [4.69, 9.17) is 0 Å². The summed E-state index contributed by atoms with van der Waals surface area (Å²) in [5, 5.41) is 2.96. The Balaban J connectivity index is 1.46. The van der Waals surface area contributed by atoms with E-state index < -0.39 is 0 Å². The van der Waals surface area contributed by atoms with E-state index in [1.165, 1.54) is 0 Å². The first kappa shape index (κ1) is 17.2. The normalized spacial score (nSPS) is 15.0. The van der Waals surface area contributed by atoms with Crippen LogP contribution in [0.2, 0.25) is 0 Å². The molecule has 3 rings (SSSR count). The van der Waals surface area contributed by atoms with Gasteiger partial charge >= 0.3 is 0 Å². The Bertz CT molecular complexity index is 680. The fraction of sp³-hybridized carbons (Fsp3) is 0.389. The van der Waals surface area contributed by atoms with Crippen LogP contribution in [0.15, 0.2) is 42.7 Å². The molecule has 2 aromatic rings. The number of piperazine rings is 1. The van der Waals surface area contributed by atoms with E-state index in [1.54, 1.807) is 12.4 Å². The van der Waals surface area contributed by atoms with Crippen LogP contribution >= 0.6 is 0 Å². The van der Waals surface area contributed by atoms with Crippen molar-refractivity contribution < 1.29 is 4.79 Å². The Morgan fingerprint density at radius 1 is 1.08 bits per heavy atom. The Morgan fingerprint density at radius 2 is 1.72 bits per heavy atom. The molecule has 0 aliphatic carbocycles. The molecular weight excluding hydrogens is 316 g/mol. The first-order valence-electron chi connectivity index (χ1n) is 8.43. The molecule has 0 unspecified atom stereocenters. The Morgan fingerprint density at radius 3 is 2.32 bits per heavy atom. The summed E-state index contributed by atoms with van der Waals surface area (Å²) in [6.07, 6.45) is 3.51. The van der Waals surface area contributed by atoms with E-state index in [9.17, 15) is 4.79 Å². The van der Waals surface area contributed by atoms with E-state index in [2.05, 4.69) is 25.1 Å². The van der Waals surface area contributed by atoms with Crippen LogP contribution in [0.25, 0.3) is 0 Å². The lowest BCUT2D eigenvalue weighted by Gasteiger charge is -2.34. The van der Waals surface area contributed by atoms with Gasteiger partial charge in [0.05, 0.1) is 6.54 Å². The number of benzene rings is 1. The molecule has 1 aliphatic heterocycles. The van der Waals surface area contributed by atoms with Gasteiger partial charge in [-0.25, -0.2) is 9.97 Å². The second-order valence-corrected chi connectivity index (χ2v) is 6.30. The molecule has 0 spiro atoms. The molecular formula is C18H24N6O. The molecule has 132 valence electrons. The molecule has 25 heavy (non-hydrogen) atoms. The molecule has 1 aromatic heterocycles. The van der Waals surface area contributed by atoms with Crippen LogP contribution in [0.1, 0.15) is 0 Å². The van der Waals surface area contributed by atoms with Crippen molar-refractivity contribution in [2.45, 2.75) is 0 Å². The fourth-order valence-electron chi connectivity index (χ4n) is 2.81. The average molecular weight is 340 g/mol. The number of carbonyl (C=O) groups is 1. The maximum absolute atomic E-state index is 12.2. The highest BCUT2D eigenvalue weighted by Gasteiger charge is 2.20. The SMILES string of the molecule is CN(C)c1ccc(NC(=O)CN2CCN(c3ncccn3)CC2)cc1. The van der Waals surface area contributed by atoms with Crippen LogP contribution in [0.4, 0.5) is 17.3 Å². The maximum atomic E-state index is 12.2. The standard InChI is InChI=1S/C18H24N6O/c1-22(2)16-6-4-15(5-7-16)21-17(25)14-23-10-12-24(13-11-23)18-19-8-3-9-20-18/h3-9H,10-14H2,1-2H3,(H,21,25). The van der Waals surface area contributed by atoms with E-state index in [0.29, 0.717) is 6.54 Å². The quantitative estimate of drug-likeness (QED) is 0.885. The lowest BCUT2D eigenvalue weighted by atomic mass is 10.2. The van der Waals surface area contributed by atoms with Gasteiger partial charge in [-0.3, -0.25) is 9.69 Å². The Kier molecular flexibility index (Phi) is 5.45.